The number of nitrogens with zero attached hydrogens (tertiary/aromatic N) is 4. The Kier molecular flexibility index (Phi) is 6.54. The summed E-state index contributed by atoms with van der Waals surface area (Å²) >= 11 is 0. The molecule has 2 aromatic heterocycles. The van der Waals surface area contributed by atoms with Crippen molar-refractivity contribution in [2.75, 3.05) is 26.0 Å². The normalized spacial score (nSPS) is 13.2. The molecule has 3 aromatic rings. The highest BCUT2D eigenvalue weighted by atomic mass is 16.5. The molecule has 0 saturated carbocycles. The Labute approximate surface area is 166 Å². The number of carbonyl (C=O) groups excluding carboxylic acids is 1. The predicted octanol–water partition coefficient (Wildman–Crippen LogP) is -0.457. The van der Waals surface area contributed by atoms with E-state index in [9.17, 15) is 15.0 Å². The molecule has 11 nitrogen and oxygen atoms in total. The zero-order chi connectivity index (χ0) is 20.8. The molecule has 29 heavy (non-hydrogen) atoms. The van der Waals surface area contributed by atoms with Crippen molar-refractivity contribution < 1.29 is 24.5 Å². The van der Waals surface area contributed by atoms with Crippen LogP contribution in [-0.4, -0.2) is 68.1 Å². The van der Waals surface area contributed by atoms with E-state index in [4.69, 9.17) is 15.2 Å². The van der Waals surface area contributed by atoms with Gasteiger partial charge in [-0.2, -0.15) is 0 Å². The number of aromatic nitrogens is 4. The molecule has 1 aromatic carbocycles. The van der Waals surface area contributed by atoms with Gasteiger partial charge in [0.2, 0.25) is 0 Å². The Morgan fingerprint density at radius 1 is 1.34 bits per heavy atom. The average molecular weight is 402 g/mol. The van der Waals surface area contributed by atoms with Gasteiger partial charge in [0.15, 0.2) is 11.5 Å². The van der Waals surface area contributed by atoms with Gasteiger partial charge in [-0.3, -0.25) is 9.36 Å². The molecule has 0 unspecified atom stereocenters. The first kappa shape index (κ1) is 20.5. The molecule has 0 bridgehead atoms. The molecule has 1 amide bonds. The summed E-state index contributed by atoms with van der Waals surface area (Å²) in [5.41, 5.74) is 7.03. The summed E-state index contributed by atoms with van der Waals surface area (Å²) in [6.07, 6.45) is 0.713. The van der Waals surface area contributed by atoms with Gasteiger partial charge in [-0.1, -0.05) is 6.07 Å². The number of rotatable bonds is 9. The number of nitrogen functional groups attached to an aromatic ring is 1. The smallest absolute Gasteiger partial charge is 0.251 e. The zero-order valence-corrected chi connectivity index (χ0v) is 15.7. The molecule has 5 N–H and O–H groups in total. The van der Waals surface area contributed by atoms with E-state index in [2.05, 4.69) is 20.3 Å². The number of aliphatic hydroxyl groups is 2. The van der Waals surface area contributed by atoms with Gasteiger partial charge in [-0.25, -0.2) is 15.0 Å². The standard InChI is InChI=1S/C18H22N6O5/c1-28-12-4-2-3-11(5-12)18(27)20-6-13(26)14(7-25)29-10-24-9-23-15-16(19)21-8-22-17(15)24/h2-5,8-9,13-14,25-26H,6-7,10H2,1H3,(H,20,27)(H2,19,21,22)/t13-,14-/m1/s1. The van der Waals surface area contributed by atoms with Crippen molar-refractivity contribution in [1.29, 1.82) is 0 Å². The highest BCUT2D eigenvalue weighted by molar-refractivity contribution is 5.94. The van der Waals surface area contributed by atoms with Gasteiger partial charge in [-0.15, -0.1) is 0 Å². The molecule has 0 radical (unpaired) electrons. The lowest BCUT2D eigenvalue weighted by Crippen LogP contribution is -2.42. The Balaban J connectivity index is 1.56. The van der Waals surface area contributed by atoms with Gasteiger partial charge in [0.05, 0.1) is 26.1 Å². The molecule has 2 heterocycles. The number of nitrogens with two attached hydrogens (primary N) is 1. The Bertz CT molecular complexity index is 978. The van der Waals surface area contributed by atoms with Crippen molar-refractivity contribution in [1.82, 2.24) is 24.8 Å². The molecule has 154 valence electrons. The van der Waals surface area contributed by atoms with E-state index in [1.165, 1.54) is 19.8 Å². The van der Waals surface area contributed by atoms with Gasteiger partial charge < -0.3 is 30.7 Å². The lowest BCUT2D eigenvalue weighted by atomic mass is 10.1. The lowest BCUT2D eigenvalue weighted by Gasteiger charge is -2.22. The van der Waals surface area contributed by atoms with Crippen LogP contribution in [0.1, 0.15) is 10.4 Å². The topological polar surface area (TPSA) is 158 Å². The first-order chi connectivity index (χ1) is 14.0. The van der Waals surface area contributed by atoms with E-state index >= 15 is 0 Å². The second-order valence-electron chi connectivity index (χ2n) is 6.17. The molecule has 0 spiro atoms. The summed E-state index contributed by atoms with van der Waals surface area (Å²) < 4.78 is 12.2. The summed E-state index contributed by atoms with van der Waals surface area (Å²) in [6, 6.07) is 6.62. The molecule has 0 aliphatic heterocycles. The first-order valence-electron chi connectivity index (χ1n) is 8.77. The molecule has 0 fully saturated rings. The number of nitrogens with one attached hydrogen (secondary N) is 1. The van der Waals surface area contributed by atoms with Crippen LogP contribution in [0.4, 0.5) is 5.82 Å². The fraction of sp³-hybridized carbons (Fsp3) is 0.333. The van der Waals surface area contributed by atoms with Crippen molar-refractivity contribution in [2.45, 2.75) is 18.9 Å². The Morgan fingerprint density at radius 3 is 2.93 bits per heavy atom. The number of imidazole rings is 1. The summed E-state index contributed by atoms with van der Waals surface area (Å²) in [7, 11) is 1.51. The van der Waals surface area contributed by atoms with Crippen LogP contribution >= 0.6 is 0 Å². The SMILES string of the molecule is COc1cccc(C(=O)NC[C@@H](O)[C@@H](CO)OCn2cnc3c(N)ncnc32)c1. The first-order valence-corrected chi connectivity index (χ1v) is 8.77. The maximum absolute atomic E-state index is 12.2. The number of hydrogen-bond acceptors (Lipinski definition) is 9. The van der Waals surface area contributed by atoms with E-state index in [0.717, 1.165) is 0 Å². The number of aliphatic hydroxyl groups excluding tert-OH is 2. The summed E-state index contributed by atoms with van der Waals surface area (Å²) in [4.78, 5) is 24.3. The van der Waals surface area contributed by atoms with Crippen molar-refractivity contribution >= 4 is 22.9 Å². The minimum atomic E-state index is -1.14. The van der Waals surface area contributed by atoms with Crippen molar-refractivity contribution in [3.63, 3.8) is 0 Å². The van der Waals surface area contributed by atoms with Crippen molar-refractivity contribution in [3.8, 4) is 5.75 Å². The average Bonchev–Trinajstić information content (AvgIpc) is 3.17. The molecule has 3 rings (SSSR count). The number of hydrogen-bond donors (Lipinski definition) is 4. The predicted molar refractivity (Wildman–Crippen MR) is 103 cm³/mol. The number of fused-ring (bicyclic) bond motifs is 1. The minimum absolute atomic E-state index is 0.0287. The second kappa shape index (κ2) is 9.28. The van der Waals surface area contributed by atoms with Crippen molar-refractivity contribution in [2.24, 2.45) is 0 Å². The maximum atomic E-state index is 12.2. The van der Waals surface area contributed by atoms with E-state index in [1.807, 2.05) is 0 Å². The third-order valence-corrected chi connectivity index (χ3v) is 4.27. The maximum Gasteiger partial charge on any atom is 0.251 e. The molecular weight excluding hydrogens is 380 g/mol. The summed E-state index contributed by atoms with van der Waals surface area (Å²) in [5, 5.41) is 22.4. The van der Waals surface area contributed by atoms with E-state index in [0.29, 0.717) is 22.5 Å². The number of methoxy groups -OCH3 is 1. The van der Waals surface area contributed by atoms with Gasteiger partial charge >= 0.3 is 0 Å². The quantitative estimate of drug-likeness (QED) is 0.372. The number of carbonyl (C=O) groups is 1. The van der Waals surface area contributed by atoms with Crippen LogP contribution in [0, 0.1) is 0 Å². The second-order valence-corrected chi connectivity index (χ2v) is 6.17. The third-order valence-electron chi connectivity index (χ3n) is 4.27. The Morgan fingerprint density at radius 2 is 2.17 bits per heavy atom. The Hall–Kier alpha value is -3.28. The summed E-state index contributed by atoms with van der Waals surface area (Å²) in [6.45, 7) is -0.583. The van der Waals surface area contributed by atoms with Crippen LogP contribution < -0.4 is 15.8 Å². The van der Waals surface area contributed by atoms with Crippen LogP contribution in [0.2, 0.25) is 0 Å². The molecule has 0 aliphatic rings. The highest BCUT2D eigenvalue weighted by Gasteiger charge is 2.21. The minimum Gasteiger partial charge on any atom is -0.497 e. The molecule has 0 saturated heterocycles. The van der Waals surface area contributed by atoms with Crippen LogP contribution in [0.5, 0.6) is 5.75 Å². The van der Waals surface area contributed by atoms with E-state index in [1.54, 1.807) is 28.8 Å². The van der Waals surface area contributed by atoms with Gasteiger partial charge in [-0.05, 0) is 18.2 Å². The number of ether oxygens (including phenoxy) is 2. The summed E-state index contributed by atoms with van der Waals surface area (Å²) in [5.74, 6) is 0.409. The number of amides is 1. The molecule has 2 atom stereocenters. The molecular formula is C18H22N6O5. The number of anilines is 1. The van der Waals surface area contributed by atoms with Crippen LogP contribution in [0.3, 0.4) is 0 Å². The highest BCUT2D eigenvalue weighted by Crippen LogP contribution is 2.15. The monoisotopic (exact) mass is 402 g/mol. The van der Waals surface area contributed by atoms with Crippen LogP contribution in [0.15, 0.2) is 36.9 Å². The number of benzene rings is 1. The lowest BCUT2D eigenvalue weighted by molar-refractivity contribution is -0.0848. The van der Waals surface area contributed by atoms with Crippen LogP contribution in [-0.2, 0) is 11.5 Å². The van der Waals surface area contributed by atoms with Crippen molar-refractivity contribution in [3.05, 3.63) is 42.5 Å². The van der Waals surface area contributed by atoms with E-state index < -0.39 is 18.8 Å². The third kappa shape index (κ3) is 4.77. The molecule has 11 heteroatoms. The van der Waals surface area contributed by atoms with E-state index in [-0.39, 0.29) is 25.0 Å². The molecule has 0 aliphatic carbocycles. The zero-order valence-electron chi connectivity index (χ0n) is 15.7. The van der Waals surface area contributed by atoms with Gasteiger partial charge in [0.25, 0.3) is 5.91 Å². The largest absolute Gasteiger partial charge is 0.497 e. The van der Waals surface area contributed by atoms with Gasteiger partial charge in [0.1, 0.15) is 30.4 Å². The fourth-order valence-corrected chi connectivity index (χ4v) is 2.65. The van der Waals surface area contributed by atoms with Gasteiger partial charge in [0, 0.05) is 12.1 Å². The fourth-order valence-electron chi connectivity index (χ4n) is 2.65. The van der Waals surface area contributed by atoms with Crippen LogP contribution in [0.25, 0.3) is 11.2 Å².